The molecular weight excluding hydrogens is 310 g/mol. The summed E-state index contributed by atoms with van der Waals surface area (Å²) >= 11 is 2.39. The third-order valence-corrected chi connectivity index (χ3v) is 5.08. The van der Waals surface area contributed by atoms with Gasteiger partial charge < -0.3 is 10.1 Å². The number of fused-ring (bicyclic) bond motifs is 1. The number of rotatable bonds is 5. The summed E-state index contributed by atoms with van der Waals surface area (Å²) < 4.78 is 5.09. The lowest BCUT2D eigenvalue weighted by atomic mass is 10.1. The molecule has 0 aromatic carbocycles. The van der Waals surface area contributed by atoms with Crippen LogP contribution in [0.3, 0.4) is 0 Å². The number of amides is 1. The number of thiophene rings is 1. The van der Waals surface area contributed by atoms with Gasteiger partial charge in [-0.25, -0.2) is 4.79 Å². The van der Waals surface area contributed by atoms with Crippen LogP contribution < -0.4 is 5.32 Å². The number of carbonyl (C=O) groups is 3. The Kier molecular flexibility index (Phi) is 5.41. The highest BCUT2D eigenvalue weighted by Crippen LogP contribution is 2.39. The van der Waals surface area contributed by atoms with E-state index in [-0.39, 0.29) is 22.7 Å². The molecule has 0 spiro atoms. The summed E-state index contributed by atoms with van der Waals surface area (Å²) in [7, 11) is 0. The van der Waals surface area contributed by atoms with Crippen LogP contribution in [0.1, 0.15) is 41.1 Å². The fraction of sp³-hybridized carbons (Fsp3) is 0.500. The molecule has 0 unspecified atom stereocenters. The van der Waals surface area contributed by atoms with Crippen molar-refractivity contribution in [1.82, 2.24) is 0 Å². The number of carbonyl (C=O) groups excluding carboxylic acids is 3. The van der Waals surface area contributed by atoms with E-state index in [1.807, 2.05) is 0 Å². The highest BCUT2D eigenvalue weighted by molar-refractivity contribution is 8.14. The quantitative estimate of drug-likeness (QED) is 0.842. The molecule has 0 atom stereocenters. The topological polar surface area (TPSA) is 72.5 Å². The molecule has 1 N–H and O–H groups in total. The molecule has 0 fully saturated rings. The van der Waals surface area contributed by atoms with Gasteiger partial charge in [-0.05, 0) is 31.7 Å². The summed E-state index contributed by atoms with van der Waals surface area (Å²) in [6.45, 7) is 3.48. The molecule has 5 nitrogen and oxygen atoms in total. The Balaban J connectivity index is 2.17. The van der Waals surface area contributed by atoms with Gasteiger partial charge >= 0.3 is 5.97 Å². The van der Waals surface area contributed by atoms with Gasteiger partial charge in [0.05, 0.1) is 17.9 Å². The molecule has 1 heterocycles. The van der Waals surface area contributed by atoms with Crippen LogP contribution >= 0.6 is 23.1 Å². The molecule has 0 saturated heterocycles. The van der Waals surface area contributed by atoms with Crippen LogP contribution in [-0.2, 0) is 27.2 Å². The van der Waals surface area contributed by atoms with Crippen molar-refractivity contribution < 1.29 is 19.1 Å². The van der Waals surface area contributed by atoms with Crippen molar-refractivity contribution in [1.29, 1.82) is 0 Å². The van der Waals surface area contributed by atoms with Crippen molar-refractivity contribution in [2.24, 2.45) is 0 Å². The monoisotopic (exact) mass is 327 g/mol. The van der Waals surface area contributed by atoms with Crippen molar-refractivity contribution in [3.05, 3.63) is 16.0 Å². The molecule has 1 aromatic heterocycles. The van der Waals surface area contributed by atoms with Gasteiger partial charge in [0.1, 0.15) is 5.00 Å². The smallest absolute Gasteiger partial charge is 0.341 e. The second kappa shape index (κ2) is 7.09. The molecule has 0 aliphatic heterocycles. The number of nitrogens with one attached hydrogen (secondary N) is 1. The molecular formula is C14H17NO4S2. The minimum Gasteiger partial charge on any atom is -0.462 e. The number of anilines is 1. The van der Waals surface area contributed by atoms with E-state index in [0.29, 0.717) is 17.2 Å². The minimum atomic E-state index is -0.383. The number of esters is 1. The predicted octanol–water partition coefficient (Wildman–Crippen LogP) is 2.63. The Bertz CT molecular complexity index is 580. The largest absolute Gasteiger partial charge is 0.462 e. The number of hydrogen-bond donors (Lipinski definition) is 1. The van der Waals surface area contributed by atoms with E-state index in [9.17, 15) is 14.4 Å². The fourth-order valence-electron chi connectivity index (χ4n) is 2.24. The third-order valence-electron chi connectivity index (χ3n) is 3.06. The van der Waals surface area contributed by atoms with Gasteiger partial charge in [0.2, 0.25) is 5.91 Å². The Morgan fingerprint density at radius 1 is 1.33 bits per heavy atom. The van der Waals surface area contributed by atoms with Crippen LogP contribution in [0.25, 0.3) is 0 Å². The molecule has 2 rings (SSSR count). The maximum atomic E-state index is 12.1. The summed E-state index contributed by atoms with van der Waals surface area (Å²) in [5.41, 5.74) is 1.50. The van der Waals surface area contributed by atoms with Crippen LogP contribution in [0, 0.1) is 0 Å². The maximum absolute atomic E-state index is 12.1. The second-order valence-electron chi connectivity index (χ2n) is 4.61. The molecule has 114 valence electrons. The Morgan fingerprint density at radius 2 is 2.10 bits per heavy atom. The van der Waals surface area contributed by atoms with Gasteiger partial charge in [0.15, 0.2) is 5.12 Å². The van der Waals surface area contributed by atoms with Gasteiger partial charge in [-0.2, -0.15) is 0 Å². The first kappa shape index (κ1) is 16.0. The Hall–Kier alpha value is -1.34. The van der Waals surface area contributed by atoms with Gasteiger partial charge in [-0.1, -0.05) is 11.8 Å². The van der Waals surface area contributed by atoms with Crippen molar-refractivity contribution in [3.63, 3.8) is 0 Å². The molecule has 1 aromatic rings. The normalized spacial score (nSPS) is 12.9. The predicted molar refractivity (Wildman–Crippen MR) is 84.1 cm³/mol. The standard InChI is InChI=1S/C14H17NO4S2/c1-3-19-14(18)12-9-5-4-6-10(9)21-13(12)15-11(17)7-20-8(2)16/h3-7H2,1-2H3,(H,15,17). The molecule has 1 aliphatic rings. The highest BCUT2D eigenvalue weighted by atomic mass is 32.2. The summed E-state index contributed by atoms with van der Waals surface area (Å²) in [6, 6.07) is 0. The molecule has 7 heteroatoms. The van der Waals surface area contributed by atoms with E-state index >= 15 is 0 Å². The van der Waals surface area contributed by atoms with Crippen molar-refractivity contribution >= 4 is 45.1 Å². The van der Waals surface area contributed by atoms with Crippen molar-refractivity contribution in [3.8, 4) is 0 Å². The first-order chi connectivity index (χ1) is 10.0. The van der Waals surface area contributed by atoms with Crippen LogP contribution in [0.4, 0.5) is 5.00 Å². The third kappa shape index (κ3) is 3.85. The molecule has 0 bridgehead atoms. The zero-order valence-corrected chi connectivity index (χ0v) is 13.6. The molecule has 21 heavy (non-hydrogen) atoms. The van der Waals surface area contributed by atoms with Crippen LogP contribution in [0.2, 0.25) is 0 Å². The van der Waals surface area contributed by atoms with Crippen molar-refractivity contribution in [2.45, 2.75) is 33.1 Å². The van der Waals surface area contributed by atoms with E-state index < -0.39 is 0 Å². The lowest BCUT2D eigenvalue weighted by Crippen LogP contribution is -2.17. The van der Waals surface area contributed by atoms with E-state index in [0.717, 1.165) is 41.5 Å². The molecule has 0 radical (unpaired) electrons. The van der Waals surface area contributed by atoms with E-state index in [4.69, 9.17) is 4.74 Å². The summed E-state index contributed by atoms with van der Waals surface area (Å²) in [5, 5.41) is 3.18. The zero-order chi connectivity index (χ0) is 15.4. The maximum Gasteiger partial charge on any atom is 0.341 e. The van der Waals surface area contributed by atoms with E-state index in [2.05, 4.69) is 5.32 Å². The highest BCUT2D eigenvalue weighted by Gasteiger charge is 2.28. The van der Waals surface area contributed by atoms with Gasteiger partial charge in [-0.3, -0.25) is 9.59 Å². The number of aryl methyl sites for hydroxylation is 1. The average Bonchev–Trinajstić information content (AvgIpc) is 2.96. The Labute approximate surface area is 131 Å². The first-order valence-corrected chi connectivity index (χ1v) is 8.58. The van der Waals surface area contributed by atoms with Crippen LogP contribution in [0.5, 0.6) is 0 Å². The molecule has 1 aliphatic carbocycles. The van der Waals surface area contributed by atoms with Gasteiger partial charge in [0.25, 0.3) is 0 Å². The summed E-state index contributed by atoms with van der Waals surface area (Å²) in [4.78, 5) is 36.0. The lowest BCUT2D eigenvalue weighted by Gasteiger charge is -2.07. The fourth-order valence-corrected chi connectivity index (χ4v) is 3.94. The summed E-state index contributed by atoms with van der Waals surface area (Å²) in [5.74, 6) is -0.604. The molecule has 0 saturated carbocycles. The molecule has 1 amide bonds. The second-order valence-corrected chi connectivity index (χ2v) is 6.87. The minimum absolute atomic E-state index is 0.0557. The van der Waals surface area contributed by atoms with Crippen molar-refractivity contribution in [2.75, 3.05) is 17.7 Å². The average molecular weight is 327 g/mol. The summed E-state index contributed by atoms with van der Waals surface area (Å²) in [6.07, 6.45) is 2.81. The van der Waals surface area contributed by atoms with Gasteiger partial charge in [0, 0.05) is 11.8 Å². The zero-order valence-electron chi connectivity index (χ0n) is 12.0. The van der Waals surface area contributed by atoms with Crippen LogP contribution in [-0.4, -0.2) is 29.4 Å². The first-order valence-electron chi connectivity index (χ1n) is 6.77. The van der Waals surface area contributed by atoms with E-state index in [1.165, 1.54) is 18.3 Å². The number of thioether (sulfide) groups is 1. The van der Waals surface area contributed by atoms with E-state index in [1.54, 1.807) is 6.92 Å². The Morgan fingerprint density at radius 3 is 2.76 bits per heavy atom. The number of ether oxygens (including phenoxy) is 1. The number of hydrogen-bond acceptors (Lipinski definition) is 6. The lowest BCUT2D eigenvalue weighted by molar-refractivity contribution is -0.114. The SMILES string of the molecule is CCOC(=O)c1c(NC(=O)CSC(C)=O)sc2c1CCC2. The van der Waals surface area contributed by atoms with Gasteiger partial charge in [-0.15, -0.1) is 11.3 Å². The van der Waals surface area contributed by atoms with Crippen LogP contribution in [0.15, 0.2) is 0 Å².